The second-order valence-electron chi connectivity index (χ2n) is 7.09. The van der Waals surface area contributed by atoms with Gasteiger partial charge >= 0.3 is 5.97 Å². The Morgan fingerprint density at radius 2 is 1.79 bits per heavy atom. The van der Waals surface area contributed by atoms with E-state index in [0.29, 0.717) is 16.0 Å². The number of hydrogen-bond donors (Lipinski definition) is 1. The Hall–Kier alpha value is -2.90. The maximum absolute atomic E-state index is 12.0. The first-order chi connectivity index (χ1) is 15.8. The second kappa shape index (κ2) is 15.0. The van der Waals surface area contributed by atoms with Gasteiger partial charge in [0.2, 0.25) is 0 Å². The van der Waals surface area contributed by atoms with Crippen molar-refractivity contribution in [3.8, 4) is 0 Å². The number of Topliss-reactive ketones (excluding diaryl/α,β-unsaturated/α-hetero) is 1. The van der Waals surface area contributed by atoms with E-state index in [4.69, 9.17) is 9.84 Å². The number of rotatable bonds is 11. The van der Waals surface area contributed by atoms with Gasteiger partial charge in [0.1, 0.15) is 5.78 Å². The number of aldehydes is 1. The summed E-state index contributed by atoms with van der Waals surface area (Å²) in [5.41, 5.74) is 2.71. The highest BCUT2D eigenvalue weighted by Crippen LogP contribution is 2.27. The molecule has 0 saturated heterocycles. The number of allylic oxidation sites excluding steroid dienone is 6. The molecule has 0 aromatic heterocycles. The van der Waals surface area contributed by atoms with Gasteiger partial charge in [-0.1, -0.05) is 56.3 Å². The topological polar surface area (TPSA) is 97.7 Å². The van der Waals surface area contributed by atoms with Crippen LogP contribution < -0.4 is 0 Å². The van der Waals surface area contributed by atoms with Crippen LogP contribution in [0, 0.1) is 5.92 Å². The van der Waals surface area contributed by atoms with Gasteiger partial charge in [-0.2, -0.15) is 0 Å². The summed E-state index contributed by atoms with van der Waals surface area (Å²) in [7, 11) is 0.449. The van der Waals surface area contributed by atoms with Crippen molar-refractivity contribution >= 4 is 34.4 Å². The fourth-order valence-corrected chi connectivity index (χ4v) is 3.76. The third-order valence-corrected chi connectivity index (χ3v) is 5.76. The molecule has 0 aliphatic heterocycles. The fourth-order valence-electron chi connectivity index (χ4n) is 3.21. The first-order valence-electron chi connectivity index (χ1n) is 10.8. The lowest BCUT2D eigenvalue weighted by molar-refractivity contribution is -0.138. The van der Waals surface area contributed by atoms with Crippen LogP contribution in [-0.2, 0) is 36.3 Å². The number of carboxylic acids is 1. The summed E-state index contributed by atoms with van der Waals surface area (Å²) in [5.74, 6) is -1.34. The van der Waals surface area contributed by atoms with Crippen LogP contribution in [0.15, 0.2) is 65.1 Å². The van der Waals surface area contributed by atoms with Crippen molar-refractivity contribution in [2.45, 2.75) is 33.1 Å². The lowest BCUT2D eigenvalue weighted by atomic mass is 9.90. The molecule has 0 saturated carbocycles. The number of carbonyl (C=O) groups is 3. The largest absolute Gasteiger partial charge is 0.481 e. The fraction of sp³-hybridized carbons (Fsp3) is 0.346. The average molecular weight is 473 g/mol. The van der Waals surface area contributed by atoms with Gasteiger partial charge in [-0.3, -0.25) is 18.6 Å². The molecule has 0 amide bonds. The first kappa shape index (κ1) is 28.1. The van der Waals surface area contributed by atoms with Crippen molar-refractivity contribution in [3.63, 3.8) is 0 Å². The van der Waals surface area contributed by atoms with Gasteiger partial charge in [0.25, 0.3) is 0 Å². The van der Waals surface area contributed by atoms with Crippen molar-refractivity contribution in [1.29, 1.82) is 0 Å². The third-order valence-electron chi connectivity index (χ3n) is 4.83. The molecule has 0 bridgehead atoms. The van der Waals surface area contributed by atoms with Crippen molar-refractivity contribution in [2.75, 3.05) is 20.0 Å². The summed E-state index contributed by atoms with van der Waals surface area (Å²) < 4.78 is 17.1. The smallest absolute Gasteiger partial charge is 0.303 e. The van der Waals surface area contributed by atoms with E-state index in [1.165, 1.54) is 0 Å². The van der Waals surface area contributed by atoms with Crippen LogP contribution in [0.5, 0.6) is 0 Å². The Kier molecular flexibility index (Phi) is 12.8. The van der Waals surface area contributed by atoms with E-state index >= 15 is 0 Å². The van der Waals surface area contributed by atoms with Crippen LogP contribution in [0.25, 0.3) is 5.57 Å². The number of methoxy groups -OCH3 is 1. The molecule has 0 heterocycles. The van der Waals surface area contributed by atoms with Crippen molar-refractivity contribution in [2.24, 2.45) is 5.92 Å². The van der Waals surface area contributed by atoms with E-state index < -0.39 is 16.8 Å². The maximum Gasteiger partial charge on any atom is 0.303 e. The Labute approximate surface area is 198 Å². The molecule has 1 aromatic rings. The van der Waals surface area contributed by atoms with Crippen LogP contribution in [0.1, 0.15) is 37.8 Å². The Bertz CT molecular complexity index is 967. The summed E-state index contributed by atoms with van der Waals surface area (Å²) in [6, 6.07) is 7.07. The number of ether oxygens (including phenoxy) is 1. The van der Waals surface area contributed by atoms with Crippen LogP contribution in [0.3, 0.4) is 0 Å². The van der Waals surface area contributed by atoms with Gasteiger partial charge in [0.15, 0.2) is 6.29 Å². The van der Waals surface area contributed by atoms with E-state index in [1.54, 1.807) is 49.8 Å². The number of ketones is 1. The standard InChI is InChI=1S/C24H26O6S.C2H6/c1-30-16-23(18-4-3-5-21(12-10-18)31(2)29)22(15-25)19-8-6-17(7-9-19)14-20(26)11-13-24(27)28;1-2/h3-10,12,15,18H,11,13-14,16H2,1-2H3,(H,27,28);1-2H3/b23-22-;. The molecule has 1 aliphatic carbocycles. The first-order valence-corrected chi connectivity index (χ1v) is 12.3. The molecular formula is C26H32O6S. The molecule has 178 valence electrons. The van der Waals surface area contributed by atoms with E-state index in [9.17, 15) is 18.6 Å². The monoisotopic (exact) mass is 472 g/mol. The van der Waals surface area contributed by atoms with Crippen molar-refractivity contribution < 1.29 is 28.4 Å². The zero-order valence-corrected chi connectivity index (χ0v) is 20.4. The SMILES string of the molecule is CC.COC/C(=C(\C=O)c1ccc(CC(=O)CCC(=O)O)cc1)C1C=CC=C(S(C)=O)C=C1. The predicted octanol–water partition coefficient (Wildman–Crippen LogP) is 4.29. The molecule has 1 aliphatic rings. The Morgan fingerprint density at radius 3 is 2.33 bits per heavy atom. The zero-order chi connectivity index (χ0) is 24.8. The van der Waals surface area contributed by atoms with E-state index in [2.05, 4.69) is 0 Å². The van der Waals surface area contributed by atoms with Crippen LogP contribution in [0.2, 0.25) is 0 Å². The van der Waals surface area contributed by atoms with Crippen LogP contribution in [0.4, 0.5) is 0 Å². The van der Waals surface area contributed by atoms with Gasteiger partial charge in [0.05, 0.1) is 13.0 Å². The molecule has 0 radical (unpaired) electrons. The highest BCUT2D eigenvalue weighted by atomic mass is 32.2. The van der Waals surface area contributed by atoms with Crippen molar-refractivity contribution in [3.05, 3.63) is 76.3 Å². The summed E-state index contributed by atoms with van der Waals surface area (Å²) in [4.78, 5) is 35.2. The lowest BCUT2D eigenvalue weighted by Gasteiger charge is -2.17. The van der Waals surface area contributed by atoms with Gasteiger partial charge in [0, 0.05) is 53.4 Å². The normalized spacial score (nSPS) is 16.5. The van der Waals surface area contributed by atoms with Crippen molar-refractivity contribution in [1.82, 2.24) is 0 Å². The van der Waals surface area contributed by atoms with Crippen LogP contribution >= 0.6 is 0 Å². The number of hydrogen-bond acceptors (Lipinski definition) is 5. The minimum Gasteiger partial charge on any atom is -0.481 e. The summed E-state index contributed by atoms with van der Waals surface area (Å²) in [6.45, 7) is 4.24. The highest BCUT2D eigenvalue weighted by molar-refractivity contribution is 7.88. The number of benzene rings is 1. The van der Waals surface area contributed by atoms with E-state index in [0.717, 1.165) is 17.4 Å². The molecule has 2 atom stereocenters. The van der Waals surface area contributed by atoms with Gasteiger partial charge < -0.3 is 9.84 Å². The quantitative estimate of drug-likeness (QED) is 0.381. The summed E-state index contributed by atoms with van der Waals surface area (Å²) >= 11 is 0. The minimum absolute atomic E-state index is 0.00646. The molecule has 1 N–H and O–H groups in total. The number of carboxylic acid groups (broad SMARTS) is 1. The Morgan fingerprint density at radius 1 is 1.12 bits per heavy atom. The summed E-state index contributed by atoms with van der Waals surface area (Å²) in [5, 5.41) is 8.69. The molecule has 33 heavy (non-hydrogen) atoms. The molecule has 6 nitrogen and oxygen atoms in total. The third kappa shape index (κ3) is 9.24. The molecule has 2 rings (SSSR count). The van der Waals surface area contributed by atoms with Gasteiger partial charge in [-0.15, -0.1) is 0 Å². The van der Waals surface area contributed by atoms with E-state index in [-0.39, 0.29) is 37.6 Å². The molecular weight excluding hydrogens is 440 g/mol. The predicted molar refractivity (Wildman–Crippen MR) is 132 cm³/mol. The lowest BCUT2D eigenvalue weighted by Crippen LogP contribution is -2.09. The molecule has 0 fully saturated rings. The average Bonchev–Trinajstić information content (AvgIpc) is 3.06. The number of aliphatic carboxylic acids is 1. The maximum atomic E-state index is 12.0. The number of carbonyl (C=O) groups excluding carboxylic acids is 2. The van der Waals surface area contributed by atoms with Gasteiger partial charge in [-0.05, 0) is 28.9 Å². The molecule has 7 heteroatoms. The molecule has 2 unspecified atom stereocenters. The zero-order valence-electron chi connectivity index (χ0n) is 19.6. The van der Waals surface area contributed by atoms with Crippen LogP contribution in [-0.4, -0.2) is 47.3 Å². The second-order valence-corrected chi connectivity index (χ2v) is 8.47. The molecule has 1 aromatic carbocycles. The molecule has 0 spiro atoms. The van der Waals surface area contributed by atoms with Gasteiger partial charge in [-0.25, -0.2) is 0 Å². The highest BCUT2D eigenvalue weighted by Gasteiger charge is 2.17. The summed E-state index contributed by atoms with van der Waals surface area (Å²) in [6.07, 6.45) is 11.6. The van der Waals surface area contributed by atoms with E-state index in [1.807, 2.05) is 32.1 Å². The minimum atomic E-state index is -1.11. The Balaban J connectivity index is 0.00000265.